The molecule has 2 aromatic carbocycles. The van der Waals surface area contributed by atoms with Gasteiger partial charge in [0.05, 0.1) is 0 Å². The maximum atomic E-state index is 5.98. The van der Waals surface area contributed by atoms with Crippen LogP contribution >= 0.6 is 11.6 Å². The summed E-state index contributed by atoms with van der Waals surface area (Å²) in [5.74, 6) is 2.69. The molecule has 2 aromatic rings. The van der Waals surface area contributed by atoms with Crippen LogP contribution in [-0.4, -0.2) is 5.88 Å². The molecule has 0 fully saturated rings. The molecule has 0 saturated heterocycles. The SMILES string of the molecule is CC(C)C(=Cc1cccc(Oc2ccccc2)c1)CCl. The van der Waals surface area contributed by atoms with E-state index in [1.807, 2.05) is 48.5 Å². The van der Waals surface area contributed by atoms with Crippen molar-refractivity contribution >= 4 is 17.7 Å². The molecular formula is C18H19ClO. The number of benzene rings is 2. The number of alkyl halides is 1. The van der Waals surface area contributed by atoms with Gasteiger partial charge in [0.2, 0.25) is 0 Å². The minimum Gasteiger partial charge on any atom is -0.457 e. The number of para-hydroxylation sites is 1. The molecule has 2 heteroatoms. The van der Waals surface area contributed by atoms with Crippen LogP contribution in [0.25, 0.3) is 6.08 Å². The van der Waals surface area contributed by atoms with Crippen molar-refractivity contribution < 1.29 is 4.74 Å². The lowest BCUT2D eigenvalue weighted by Gasteiger charge is -2.09. The largest absolute Gasteiger partial charge is 0.457 e. The minimum atomic E-state index is 0.450. The summed E-state index contributed by atoms with van der Waals surface area (Å²) in [6.07, 6.45) is 2.13. The first kappa shape index (κ1) is 14.7. The van der Waals surface area contributed by atoms with Gasteiger partial charge in [-0.1, -0.05) is 55.8 Å². The van der Waals surface area contributed by atoms with Crippen LogP contribution in [0.3, 0.4) is 0 Å². The van der Waals surface area contributed by atoms with E-state index < -0.39 is 0 Å². The van der Waals surface area contributed by atoms with Crippen LogP contribution in [0.5, 0.6) is 11.5 Å². The maximum Gasteiger partial charge on any atom is 0.128 e. The van der Waals surface area contributed by atoms with E-state index in [1.54, 1.807) is 0 Å². The second-order valence-electron chi connectivity index (χ2n) is 5.00. The summed E-state index contributed by atoms with van der Waals surface area (Å²) in [5, 5.41) is 0. The van der Waals surface area contributed by atoms with E-state index in [0.29, 0.717) is 11.8 Å². The standard InChI is InChI=1S/C18H19ClO/c1-14(2)16(13-19)11-15-7-6-10-18(12-15)20-17-8-4-3-5-9-17/h3-12,14H,13H2,1-2H3. The zero-order chi connectivity index (χ0) is 14.4. The van der Waals surface area contributed by atoms with E-state index in [9.17, 15) is 0 Å². The molecule has 2 rings (SSSR count). The Labute approximate surface area is 125 Å². The number of ether oxygens (including phenoxy) is 1. The Morgan fingerprint density at radius 2 is 1.75 bits per heavy atom. The Hall–Kier alpha value is -1.73. The van der Waals surface area contributed by atoms with Crippen molar-refractivity contribution in [3.63, 3.8) is 0 Å². The third-order valence-electron chi connectivity index (χ3n) is 3.08. The van der Waals surface area contributed by atoms with E-state index in [2.05, 4.69) is 26.0 Å². The topological polar surface area (TPSA) is 9.23 Å². The highest BCUT2D eigenvalue weighted by Crippen LogP contribution is 2.24. The van der Waals surface area contributed by atoms with E-state index >= 15 is 0 Å². The van der Waals surface area contributed by atoms with Gasteiger partial charge >= 0.3 is 0 Å². The molecular weight excluding hydrogens is 268 g/mol. The molecule has 0 N–H and O–H groups in total. The Balaban J connectivity index is 2.20. The van der Waals surface area contributed by atoms with E-state index in [1.165, 1.54) is 5.57 Å². The Morgan fingerprint density at radius 1 is 1.05 bits per heavy atom. The van der Waals surface area contributed by atoms with Crippen molar-refractivity contribution in [1.29, 1.82) is 0 Å². The van der Waals surface area contributed by atoms with Crippen molar-refractivity contribution in [2.24, 2.45) is 5.92 Å². The molecule has 0 radical (unpaired) electrons. The van der Waals surface area contributed by atoms with E-state index in [0.717, 1.165) is 17.1 Å². The minimum absolute atomic E-state index is 0.450. The predicted molar refractivity (Wildman–Crippen MR) is 86.5 cm³/mol. The van der Waals surface area contributed by atoms with Gasteiger partial charge in [0.25, 0.3) is 0 Å². The van der Waals surface area contributed by atoms with Gasteiger partial charge in [0, 0.05) is 5.88 Å². The lowest BCUT2D eigenvalue weighted by molar-refractivity contribution is 0.482. The number of halogens is 1. The zero-order valence-corrected chi connectivity index (χ0v) is 12.6. The Morgan fingerprint density at radius 3 is 2.40 bits per heavy atom. The first-order valence-electron chi connectivity index (χ1n) is 6.78. The maximum absolute atomic E-state index is 5.98. The second kappa shape index (κ2) is 7.16. The molecule has 1 nitrogen and oxygen atoms in total. The summed E-state index contributed by atoms with van der Waals surface area (Å²) in [4.78, 5) is 0. The summed E-state index contributed by atoms with van der Waals surface area (Å²) < 4.78 is 5.83. The Kier molecular flexibility index (Phi) is 5.25. The molecule has 0 aliphatic heterocycles. The summed E-state index contributed by atoms with van der Waals surface area (Å²) in [6.45, 7) is 4.30. The summed E-state index contributed by atoms with van der Waals surface area (Å²) in [7, 11) is 0. The van der Waals surface area contributed by atoms with E-state index in [4.69, 9.17) is 16.3 Å². The highest BCUT2D eigenvalue weighted by atomic mass is 35.5. The highest BCUT2D eigenvalue weighted by molar-refractivity contribution is 6.19. The van der Waals surface area contributed by atoms with Crippen LogP contribution in [0.1, 0.15) is 19.4 Å². The van der Waals surface area contributed by atoms with Gasteiger partial charge in [-0.3, -0.25) is 0 Å². The number of allylic oxidation sites excluding steroid dienone is 1. The van der Waals surface area contributed by atoms with Crippen LogP contribution in [0.15, 0.2) is 60.2 Å². The molecule has 20 heavy (non-hydrogen) atoms. The van der Waals surface area contributed by atoms with Crippen molar-refractivity contribution in [2.75, 3.05) is 5.88 Å². The van der Waals surface area contributed by atoms with Gasteiger partial charge in [-0.15, -0.1) is 11.6 Å². The monoisotopic (exact) mass is 286 g/mol. The van der Waals surface area contributed by atoms with Crippen LogP contribution in [0.4, 0.5) is 0 Å². The van der Waals surface area contributed by atoms with Gasteiger partial charge < -0.3 is 4.74 Å². The second-order valence-corrected chi connectivity index (χ2v) is 5.26. The average molecular weight is 287 g/mol. The first-order chi connectivity index (χ1) is 9.69. The van der Waals surface area contributed by atoms with Gasteiger partial charge in [-0.05, 0) is 35.7 Å². The fraction of sp³-hybridized carbons (Fsp3) is 0.222. The van der Waals surface area contributed by atoms with Crippen LogP contribution in [-0.2, 0) is 0 Å². The zero-order valence-electron chi connectivity index (χ0n) is 11.8. The first-order valence-corrected chi connectivity index (χ1v) is 7.32. The lowest BCUT2D eigenvalue weighted by atomic mass is 10.0. The molecule has 0 atom stereocenters. The molecule has 0 aliphatic rings. The molecule has 0 amide bonds. The van der Waals surface area contributed by atoms with E-state index in [-0.39, 0.29) is 0 Å². The summed E-state index contributed by atoms with van der Waals surface area (Å²) >= 11 is 5.98. The van der Waals surface area contributed by atoms with Gasteiger partial charge in [0.15, 0.2) is 0 Å². The smallest absolute Gasteiger partial charge is 0.128 e. The Bertz CT molecular complexity index is 573. The number of hydrogen-bond acceptors (Lipinski definition) is 1. The van der Waals surface area contributed by atoms with Crippen LogP contribution in [0.2, 0.25) is 0 Å². The van der Waals surface area contributed by atoms with Crippen molar-refractivity contribution in [1.82, 2.24) is 0 Å². The van der Waals surface area contributed by atoms with Crippen molar-refractivity contribution in [3.05, 3.63) is 65.7 Å². The normalized spacial score (nSPS) is 11.7. The fourth-order valence-corrected chi connectivity index (χ4v) is 2.25. The molecule has 0 unspecified atom stereocenters. The molecule has 0 spiro atoms. The molecule has 0 bridgehead atoms. The predicted octanol–water partition coefficient (Wildman–Crippen LogP) is 5.76. The molecule has 0 saturated carbocycles. The number of hydrogen-bond donors (Lipinski definition) is 0. The third kappa shape index (κ3) is 4.14. The average Bonchev–Trinajstić information content (AvgIpc) is 2.46. The number of rotatable bonds is 5. The van der Waals surface area contributed by atoms with Gasteiger partial charge in [-0.25, -0.2) is 0 Å². The van der Waals surface area contributed by atoms with Crippen molar-refractivity contribution in [2.45, 2.75) is 13.8 Å². The fourth-order valence-electron chi connectivity index (χ4n) is 1.87. The molecule has 0 aliphatic carbocycles. The summed E-state index contributed by atoms with van der Waals surface area (Å²) in [5.41, 5.74) is 2.34. The molecule has 104 valence electrons. The van der Waals surface area contributed by atoms with Crippen molar-refractivity contribution in [3.8, 4) is 11.5 Å². The quantitative estimate of drug-likeness (QED) is 0.635. The van der Waals surface area contributed by atoms with Gasteiger partial charge in [-0.2, -0.15) is 0 Å². The summed E-state index contributed by atoms with van der Waals surface area (Å²) in [6, 6.07) is 17.8. The van der Waals surface area contributed by atoms with Crippen LogP contribution < -0.4 is 4.74 Å². The van der Waals surface area contributed by atoms with Crippen LogP contribution in [0, 0.1) is 5.92 Å². The van der Waals surface area contributed by atoms with Gasteiger partial charge in [0.1, 0.15) is 11.5 Å². The molecule has 0 heterocycles. The highest BCUT2D eigenvalue weighted by Gasteiger charge is 2.03. The molecule has 0 aromatic heterocycles. The third-order valence-corrected chi connectivity index (χ3v) is 3.39. The lowest BCUT2D eigenvalue weighted by Crippen LogP contribution is -1.95.